The molecular weight excluding hydrogens is 378 g/mol. The summed E-state index contributed by atoms with van der Waals surface area (Å²) in [5, 5.41) is 2.97. The summed E-state index contributed by atoms with van der Waals surface area (Å²) in [7, 11) is 0. The quantitative estimate of drug-likeness (QED) is 0.708. The number of hydrogen-bond acceptors (Lipinski definition) is 5. The SMILES string of the molecule is Cc1ncc([C@@H](C)C(C)C)cc1C(=O)Nc1ccc(OCCN2CCOCC2)cc1. The second kappa shape index (κ2) is 10.5. The lowest BCUT2D eigenvalue weighted by Crippen LogP contribution is -2.38. The normalized spacial score (nSPS) is 15.8. The lowest BCUT2D eigenvalue weighted by atomic mass is 9.90. The zero-order chi connectivity index (χ0) is 21.5. The Labute approximate surface area is 179 Å². The number of nitrogens with one attached hydrogen (secondary N) is 1. The van der Waals surface area contributed by atoms with Gasteiger partial charge in [0.25, 0.3) is 5.91 Å². The maximum absolute atomic E-state index is 12.8. The summed E-state index contributed by atoms with van der Waals surface area (Å²) < 4.78 is 11.2. The highest BCUT2D eigenvalue weighted by Crippen LogP contribution is 2.25. The van der Waals surface area contributed by atoms with Gasteiger partial charge in [0.1, 0.15) is 12.4 Å². The van der Waals surface area contributed by atoms with Crippen molar-refractivity contribution in [1.29, 1.82) is 0 Å². The van der Waals surface area contributed by atoms with E-state index in [9.17, 15) is 4.79 Å². The average molecular weight is 412 g/mol. The molecule has 1 N–H and O–H groups in total. The molecule has 2 aromatic rings. The van der Waals surface area contributed by atoms with Crippen LogP contribution in [0.5, 0.6) is 5.75 Å². The van der Waals surface area contributed by atoms with Crippen LogP contribution in [0.15, 0.2) is 36.5 Å². The highest BCUT2D eigenvalue weighted by Gasteiger charge is 2.16. The monoisotopic (exact) mass is 411 g/mol. The first-order valence-corrected chi connectivity index (χ1v) is 10.7. The van der Waals surface area contributed by atoms with Crippen molar-refractivity contribution in [3.05, 3.63) is 53.3 Å². The third kappa shape index (κ3) is 6.03. The summed E-state index contributed by atoms with van der Waals surface area (Å²) in [4.78, 5) is 19.6. The van der Waals surface area contributed by atoms with Crippen molar-refractivity contribution in [2.45, 2.75) is 33.6 Å². The number of morpholine rings is 1. The van der Waals surface area contributed by atoms with E-state index in [1.54, 1.807) is 0 Å². The van der Waals surface area contributed by atoms with Crippen LogP contribution in [-0.4, -0.2) is 55.2 Å². The van der Waals surface area contributed by atoms with E-state index < -0.39 is 0 Å². The van der Waals surface area contributed by atoms with E-state index in [0.29, 0.717) is 24.0 Å². The number of aryl methyl sites for hydroxylation is 1. The first-order valence-electron chi connectivity index (χ1n) is 10.7. The van der Waals surface area contributed by atoms with E-state index in [1.807, 2.05) is 43.5 Å². The van der Waals surface area contributed by atoms with Gasteiger partial charge in [-0.25, -0.2) is 0 Å². The largest absolute Gasteiger partial charge is 0.492 e. The average Bonchev–Trinajstić information content (AvgIpc) is 2.75. The summed E-state index contributed by atoms with van der Waals surface area (Å²) in [6.45, 7) is 13.4. The number of anilines is 1. The molecule has 0 unspecified atom stereocenters. The van der Waals surface area contributed by atoms with Crippen LogP contribution in [0.2, 0.25) is 0 Å². The molecule has 1 amide bonds. The highest BCUT2D eigenvalue weighted by molar-refractivity contribution is 6.05. The molecule has 0 bridgehead atoms. The number of carbonyl (C=O) groups excluding carboxylic acids is 1. The second-order valence-electron chi connectivity index (χ2n) is 8.22. The Morgan fingerprint density at radius 2 is 1.90 bits per heavy atom. The Balaban J connectivity index is 1.56. The van der Waals surface area contributed by atoms with Gasteiger partial charge in [-0.3, -0.25) is 14.7 Å². The van der Waals surface area contributed by atoms with E-state index >= 15 is 0 Å². The van der Waals surface area contributed by atoms with Gasteiger partial charge in [0.15, 0.2) is 0 Å². The zero-order valence-corrected chi connectivity index (χ0v) is 18.5. The molecule has 0 radical (unpaired) electrons. The summed E-state index contributed by atoms with van der Waals surface area (Å²) in [6.07, 6.45) is 1.87. The fourth-order valence-electron chi connectivity index (χ4n) is 3.36. The van der Waals surface area contributed by atoms with E-state index in [0.717, 1.165) is 55.5 Å². The summed E-state index contributed by atoms with van der Waals surface area (Å²) in [5.74, 6) is 1.49. The van der Waals surface area contributed by atoms with Crippen LogP contribution in [0.3, 0.4) is 0 Å². The fraction of sp³-hybridized carbons (Fsp3) is 0.500. The van der Waals surface area contributed by atoms with Crippen molar-refractivity contribution < 1.29 is 14.3 Å². The number of pyridine rings is 1. The fourth-order valence-corrected chi connectivity index (χ4v) is 3.36. The molecule has 6 heteroatoms. The number of carbonyl (C=O) groups is 1. The minimum Gasteiger partial charge on any atom is -0.492 e. The first-order chi connectivity index (χ1) is 14.4. The predicted molar refractivity (Wildman–Crippen MR) is 119 cm³/mol. The van der Waals surface area contributed by atoms with Gasteiger partial charge in [0.05, 0.1) is 18.8 Å². The summed E-state index contributed by atoms with van der Waals surface area (Å²) in [6, 6.07) is 9.47. The Morgan fingerprint density at radius 3 is 2.57 bits per heavy atom. The van der Waals surface area contributed by atoms with Crippen LogP contribution in [0, 0.1) is 12.8 Å². The van der Waals surface area contributed by atoms with Crippen molar-refractivity contribution in [3.63, 3.8) is 0 Å². The Hall–Kier alpha value is -2.44. The van der Waals surface area contributed by atoms with Gasteiger partial charge in [0.2, 0.25) is 0 Å². The number of rotatable bonds is 8. The van der Waals surface area contributed by atoms with Crippen molar-refractivity contribution in [2.75, 3.05) is 44.8 Å². The molecule has 1 atom stereocenters. The van der Waals surface area contributed by atoms with Gasteiger partial charge in [-0.2, -0.15) is 0 Å². The van der Waals surface area contributed by atoms with Gasteiger partial charge in [-0.1, -0.05) is 20.8 Å². The van der Waals surface area contributed by atoms with Crippen molar-refractivity contribution in [1.82, 2.24) is 9.88 Å². The zero-order valence-electron chi connectivity index (χ0n) is 18.5. The summed E-state index contributed by atoms with van der Waals surface area (Å²) >= 11 is 0. The van der Waals surface area contributed by atoms with E-state index in [1.165, 1.54) is 0 Å². The molecule has 0 aliphatic carbocycles. The molecule has 1 aliphatic rings. The minimum absolute atomic E-state index is 0.140. The standard InChI is InChI=1S/C24H33N3O3/c1-17(2)18(3)20-15-23(19(4)25-16-20)24(28)26-21-5-7-22(8-6-21)30-14-11-27-9-12-29-13-10-27/h5-8,15-18H,9-14H2,1-4H3,(H,26,28)/t18-/m0/s1. The number of amides is 1. The van der Waals surface area contributed by atoms with Gasteiger partial charge in [0, 0.05) is 37.2 Å². The maximum Gasteiger partial charge on any atom is 0.257 e. The topological polar surface area (TPSA) is 63.7 Å². The van der Waals surface area contributed by atoms with Gasteiger partial charge >= 0.3 is 0 Å². The van der Waals surface area contributed by atoms with Crippen molar-refractivity contribution in [2.24, 2.45) is 5.92 Å². The van der Waals surface area contributed by atoms with Crippen molar-refractivity contribution >= 4 is 11.6 Å². The van der Waals surface area contributed by atoms with Crippen LogP contribution >= 0.6 is 0 Å². The number of hydrogen-bond donors (Lipinski definition) is 1. The van der Waals surface area contributed by atoms with Gasteiger partial charge in [-0.15, -0.1) is 0 Å². The molecule has 30 heavy (non-hydrogen) atoms. The molecule has 1 aromatic heterocycles. The Kier molecular flexibility index (Phi) is 7.82. The molecule has 1 saturated heterocycles. The lowest BCUT2D eigenvalue weighted by molar-refractivity contribution is 0.0322. The minimum atomic E-state index is -0.140. The van der Waals surface area contributed by atoms with Crippen LogP contribution in [0.25, 0.3) is 0 Å². The molecule has 2 heterocycles. The highest BCUT2D eigenvalue weighted by atomic mass is 16.5. The lowest BCUT2D eigenvalue weighted by Gasteiger charge is -2.26. The van der Waals surface area contributed by atoms with E-state index in [4.69, 9.17) is 9.47 Å². The molecule has 3 rings (SSSR count). The number of ether oxygens (including phenoxy) is 2. The van der Waals surface area contributed by atoms with Crippen LogP contribution in [0.1, 0.15) is 48.3 Å². The predicted octanol–water partition coefficient (Wildman–Crippen LogP) is 4.11. The Morgan fingerprint density at radius 1 is 1.20 bits per heavy atom. The third-order valence-corrected chi connectivity index (χ3v) is 5.77. The maximum atomic E-state index is 12.8. The molecule has 1 aliphatic heterocycles. The van der Waals surface area contributed by atoms with Gasteiger partial charge in [-0.05, 0) is 54.7 Å². The van der Waals surface area contributed by atoms with Crippen molar-refractivity contribution in [3.8, 4) is 5.75 Å². The molecule has 1 fully saturated rings. The second-order valence-corrected chi connectivity index (χ2v) is 8.22. The number of aromatic nitrogens is 1. The molecule has 0 spiro atoms. The van der Waals surface area contributed by atoms with Crippen LogP contribution < -0.4 is 10.1 Å². The van der Waals surface area contributed by atoms with E-state index in [-0.39, 0.29) is 5.91 Å². The third-order valence-electron chi connectivity index (χ3n) is 5.77. The van der Waals surface area contributed by atoms with Crippen LogP contribution in [0.4, 0.5) is 5.69 Å². The first kappa shape index (κ1) is 22.2. The Bertz CT molecular complexity index is 830. The number of nitrogens with zero attached hydrogens (tertiary/aromatic N) is 2. The summed E-state index contributed by atoms with van der Waals surface area (Å²) in [5.41, 5.74) is 3.17. The molecule has 0 saturated carbocycles. The van der Waals surface area contributed by atoms with Gasteiger partial charge < -0.3 is 14.8 Å². The number of benzene rings is 1. The van der Waals surface area contributed by atoms with Crippen LogP contribution in [-0.2, 0) is 4.74 Å². The molecular formula is C24H33N3O3. The molecule has 6 nitrogen and oxygen atoms in total. The van der Waals surface area contributed by atoms with E-state index in [2.05, 4.69) is 36.0 Å². The molecule has 1 aromatic carbocycles. The smallest absolute Gasteiger partial charge is 0.257 e. The molecule has 162 valence electrons.